The minimum absolute atomic E-state index is 0.409. The summed E-state index contributed by atoms with van der Waals surface area (Å²) >= 11 is 0. The standard InChI is InChI=1S/C8H14O2S/c1-6-8(4,5)11(9,10)7(2)3/h1,7H,2-5H3. The highest BCUT2D eigenvalue weighted by Crippen LogP contribution is 2.19. The number of sulfone groups is 1. The van der Waals surface area contributed by atoms with Gasteiger partial charge in [0.25, 0.3) is 0 Å². The summed E-state index contributed by atoms with van der Waals surface area (Å²) in [5, 5.41) is -0.409. The van der Waals surface area contributed by atoms with Crippen molar-refractivity contribution in [2.24, 2.45) is 0 Å². The van der Waals surface area contributed by atoms with Gasteiger partial charge >= 0.3 is 0 Å². The largest absolute Gasteiger partial charge is 0.227 e. The average molecular weight is 174 g/mol. The second-order valence-corrected chi connectivity index (χ2v) is 6.30. The third-order valence-corrected chi connectivity index (χ3v) is 4.46. The van der Waals surface area contributed by atoms with Gasteiger partial charge < -0.3 is 0 Å². The van der Waals surface area contributed by atoms with E-state index >= 15 is 0 Å². The van der Waals surface area contributed by atoms with Crippen molar-refractivity contribution in [2.45, 2.75) is 37.7 Å². The summed E-state index contributed by atoms with van der Waals surface area (Å²) in [6.45, 7) is 6.35. The van der Waals surface area contributed by atoms with E-state index in [1.165, 1.54) is 0 Å². The lowest BCUT2D eigenvalue weighted by atomic mass is 10.2. The van der Waals surface area contributed by atoms with Gasteiger partial charge in [0.1, 0.15) is 4.75 Å². The fraction of sp³-hybridized carbons (Fsp3) is 0.750. The Balaban J connectivity index is 5.06. The Hall–Kier alpha value is -0.490. The normalized spacial score (nSPS) is 13.1. The molecule has 0 aliphatic heterocycles. The molecule has 0 aliphatic carbocycles. The van der Waals surface area contributed by atoms with Crippen LogP contribution in [0.3, 0.4) is 0 Å². The van der Waals surface area contributed by atoms with Crippen molar-refractivity contribution in [3.8, 4) is 12.3 Å². The molecule has 0 radical (unpaired) electrons. The van der Waals surface area contributed by atoms with E-state index in [-0.39, 0.29) is 0 Å². The lowest BCUT2D eigenvalue weighted by Crippen LogP contribution is -2.35. The van der Waals surface area contributed by atoms with Crippen molar-refractivity contribution >= 4 is 9.84 Å². The summed E-state index contributed by atoms with van der Waals surface area (Å²) < 4.78 is 21.8. The van der Waals surface area contributed by atoms with E-state index in [1.807, 2.05) is 0 Å². The van der Waals surface area contributed by atoms with Gasteiger partial charge in [-0.25, -0.2) is 8.42 Å². The van der Waals surface area contributed by atoms with Crippen LogP contribution in [0, 0.1) is 12.3 Å². The first-order chi connectivity index (χ1) is 4.75. The van der Waals surface area contributed by atoms with Crippen molar-refractivity contribution in [3.05, 3.63) is 0 Å². The van der Waals surface area contributed by atoms with Crippen LogP contribution >= 0.6 is 0 Å². The molecule has 0 heterocycles. The summed E-state index contributed by atoms with van der Waals surface area (Å²) in [7, 11) is -3.16. The van der Waals surface area contributed by atoms with E-state index in [0.717, 1.165) is 0 Å². The molecule has 0 unspecified atom stereocenters. The van der Waals surface area contributed by atoms with E-state index in [2.05, 4.69) is 5.92 Å². The van der Waals surface area contributed by atoms with Gasteiger partial charge in [0, 0.05) is 0 Å². The third-order valence-electron chi connectivity index (χ3n) is 1.68. The maximum atomic E-state index is 11.4. The molecule has 0 spiro atoms. The van der Waals surface area contributed by atoms with Gasteiger partial charge in [-0.3, -0.25) is 0 Å². The van der Waals surface area contributed by atoms with Crippen LogP contribution in [-0.4, -0.2) is 18.4 Å². The molecule has 0 saturated heterocycles. The van der Waals surface area contributed by atoms with E-state index < -0.39 is 19.8 Å². The molecule has 11 heavy (non-hydrogen) atoms. The Kier molecular flexibility index (Phi) is 2.74. The van der Waals surface area contributed by atoms with Crippen molar-refractivity contribution in [1.82, 2.24) is 0 Å². The van der Waals surface area contributed by atoms with Crippen LogP contribution in [0.25, 0.3) is 0 Å². The predicted molar refractivity (Wildman–Crippen MR) is 47.0 cm³/mol. The van der Waals surface area contributed by atoms with Gasteiger partial charge in [0.05, 0.1) is 5.25 Å². The van der Waals surface area contributed by atoms with Gasteiger partial charge in [-0.15, -0.1) is 6.42 Å². The molecule has 0 rings (SSSR count). The average Bonchev–Trinajstić information content (AvgIpc) is 1.87. The minimum Gasteiger partial charge on any atom is -0.227 e. The number of hydrogen-bond donors (Lipinski definition) is 0. The van der Waals surface area contributed by atoms with Crippen LogP contribution < -0.4 is 0 Å². The third kappa shape index (κ3) is 1.75. The molecule has 0 aromatic heterocycles. The predicted octanol–water partition coefficient (Wildman–Crippen LogP) is 1.22. The molecule has 0 amide bonds. The highest BCUT2D eigenvalue weighted by molar-refractivity contribution is 7.93. The van der Waals surface area contributed by atoms with Crippen LogP contribution in [0.15, 0.2) is 0 Å². The quantitative estimate of drug-likeness (QED) is 0.590. The van der Waals surface area contributed by atoms with Crippen molar-refractivity contribution in [1.29, 1.82) is 0 Å². The molecule has 0 fully saturated rings. The lowest BCUT2D eigenvalue weighted by Gasteiger charge is -2.20. The Morgan fingerprint density at radius 2 is 1.73 bits per heavy atom. The first kappa shape index (κ1) is 10.5. The molecular formula is C8H14O2S. The number of terminal acetylenes is 1. The van der Waals surface area contributed by atoms with Gasteiger partial charge in [0.15, 0.2) is 9.84 Å². The summed E-state index contributed by atoms with van der Waals surface area (Å²) in [6, 6.07) is 0. The van der Waals surface area contributed by atoms with Crippen molar-refractivity contribution in [2.75, 3.05) is 0 Å². The number of rotatable bonds is 2. The van der Waals surface area contributed by atoms with Crippen LogP contribution in [-0.2, 0) is 9.84 Å². The molecule has 3 heteroatoms. The fourth-order valence-electron chi connectivity index (χ4n) is 0.671. The maximum absolute atomic E-state index is 11.4. The maximum Gasteiger partial charge on any atom is 0.168 e. The Morgan fingerprint density at radius 1 is 1.36 bits per heavy atom. The molecule has 0 aliphatic rings. The molecule has 64 valence electrons. The second-order valence-electron chi connectivity index (χ2n) is 3.25. The molecule has 2 nitrogen and oxygen atoms in total. The Morgan fingerprint density at radius 3 is 1.82 bits per heavy atom. The minimum atomic E-state index is -3.16. The molecule has 0 saturated carbocycles. The molecule has 0 aromatic carbocycles. The summed E-state index contributed by atoms with van der Waals surface area (Å²) in [5.41, 5.74) is 0. The molecular weight excluding hydrogens is 160 g/mol. The van der Waals surface area contributed by atoms with Gasteiger partial charge in [-0.05, 0) is 27.7 Å². The van der Waals surface area contributed by atoms with E-state index in [9.17, 15) is 8.42 Å². The van der Waals surface area contributed by atoms with E-state index in [1.54, 1.807) is 27.7 Å². The van der Waals surface area contributed by atoms with E-state index in [0.29, 0.717) is 0 Å². The highest BCUT2D eigenvalue weighted by atomic mass is 32.2. The molecule has 0 bridgehead atoms. The number of hydrogen-bond acceptors (Lipinski definition) is 2. The summed E-state index contributed by atoms with van der Waals surface area (Å²) in [5.74, 6) is 2.27. The smallest absolute Gasteiger partial charge is 0.168 e. The van der Waals surface area contributed by atoms with Gasteiger partial charge in [-0.2, -0.15) is 0 Å². The highest BCUT2D eigenvalue weighted by Gasteiger charge is 2.34. The first-order valence-corrected chi connectivity index (χ1v) is 5.01. The van der Waals surface area contributed by atoms with Gasteiger partial charge in [-0.1, -0.05) is 5.92 Å². The van der Waals surface area contributed by atoms with Crippen LogP contribution in [0.5, 0.6) is 0 Å². The Labute approximate surface area is 68.9 Å². The topological polar surface area (TPSA) is 34.1 Å². The van der Waals surface area contributed by atoms with Crippen LogP contribution in [0.2, 0.25) is 0 Å². The van der Waals surface area contributed by atoms with Crippen molar-refractivity contribution in [3.63, 3.8) is 0 Å². The zero-order valence-corrected chi connectivity index (χ0v) is 8.20. The zero-order valence-electron chi connectivity index (χ0n) is 7.38. The zero-order chi connectivity index (χ0) is 9.28. The van der Waals surface area contributed by atoms with Crippen LogP contribution in [0.1, 0.15) is 27.7 Å². The Bertz CT molecular complexity index is 265. The fourth-order valence-corrected chi connectivity index (χ4v) is 2.01. The summed E-state index contributed by atoms with van der Waals surface area (Å²) in [6.07, 6.45) is 5.10. The van der Waals surface area contributed by atoms with E-state index in [4.69, 9.17) is 6.42 Å². The molecule has 0 atom stereocenters. The van der Waals surface area contributed by atoms with Gasteiger partial charge in [0.2, 0.25) is 0 Å². The summed E-state index contributed by atoms with van der Waals surface area (Å²) in [4.78, 5) is 0. The monoisotopic (exact) mass is 174 g/mol. The first-order valence-electron chi connectivity index (χ1n) is 3.47. The second kappa shape index (κ2) is 2.86. The van der Waals surface area contributed by atoms with Crippen molar-refractivity contribution < 1.29 is 8.42 Å². The molecule has 0 aromatic rings. The van der Waals surface area contributed by atoms with Crippen LogP contribution in [0.4, 0.5) is 0 Å². The SMILES string of the molecule is C#CC(C)(C)S(=O)(=O)C(C)C. The molecule has 0 N–H and O–H groups in total. The lowest BCUT2D eigenvalue weighted by molar-refractivity contribution is 0.566.